The summed E-state index contributed by atoms with van der Waals surface area (Å²) < 4.78 is 11.5. The minimum atomic E-state index is 0.319. The normalized spacial score (nSPS) is 14.4. The van der Waals surface area contributed by atoms with E-state index in [1.54, 1.807) is 39.0 Å². The lowest BCUT2D eigenvalue weighted by atomic mass is 9.93. The molecule has 274 valence electrons. The van der Waals surface area contributed by atoms with Gasteiger partial charge in [0.1, 0.15) is 0 Å². The van der Waals surface area contributed by atoms with Gasteiger partial charge in [-0.1, -0.05) is 71.7 Å². The second-order valence-electron chi connectivity index (χ2n) is 13.5. The fraction of sp³-hybridized carbons (Fsp3) is 0.268. The van der Waals surface area contributed by atoms with Crippen LogP contribution in [0.3, 0.4) is 0 Å². The van der Waals surface area contributed by atoms with Crippen LogP contribution in [0.5, 0.6) is 11.8 Å². The summed E-state index contributed by atoms with van der Waals surface area (Å²) in [6.45, 7) is 4.19. The van der Waals surface area contributed by atoms with Crippen LogP contribution in [0, 0.1) is 5.92 Å². The molecule has 0 bridgehead atoms. The fourth-order valence-electron chi connectivity index (χ4n) is 7.00. The maximum absolute atomic E-state index is 7.16. The molecule has 2 saturated heterocycles. The number of rotatable bonds is 13. The third-order valence-electron chi connectivity index (χ3n) is 10.0. The van der Waals surface area contributed by atoms with E-state index in [1.807, 2.05) is 66.7 Å². The predicted molar refractivity (Wildman–Crippen MR) is 212 cm³/mol. The molecule has 0 atom stereocenters. The summed E-state index contributed by atoms with van der Waals surface area (Å²) in [5.41, 5.74) is 6.62. The quantitative estimate of drug-likeness (QED) is 0.127. The van der Waals surface area contributed by atoms with Crippen LogP contribution < -0.4 is 24.6 Å². The number of halogens is 2. The van der Waals surface area contributed by atoms with Crippen LogP contribution in [0.4, 0.5) is 11.9 Å². The molecule has 2 aliphatic heterocycles. The van der Waals surface area contributed by atoms with Crippen LogP contribution in [0.2, 0.25) is 10.0 Å². The van der Waals surface area contributed by atoms with Crippen molar-refractivity contribution in [3.63, 3.8) is 0 Å². The molecule has 2 aromatic carbocycles. The summed E-state index contributed by atoms with van der Waals surface area (Å²) in [7, 11) is 3.29. The molecule has 2 fully saturated rings. The molecule has 54 heavy (non-hydrogen) atoms. The Hall–Kier alpha value is -5.36. The van der Waals surface area contributed by atoms with Gasteiger partial charge in [0.15, 0.2) is 0 Å². The van der Waals surface area contributed by atoms with Gasteiger partial charge in [0.05, 0.1) is 35.7 Å². The van der Waals surface area contributed by atoms with Crippen molar-refractivity contribution in [2.45, 2.75) is 25.4 Å². The molecule has 13 heteroatoms. The minimum Gasteiger partial charge on any atom is -0.481 e. The van der Waals surface area contributed by atoms with Crippen LogP contribution >= 0.6 is 23.2 Å². The molecule has 1 N–H and O–H groups in total. The SMILES string of the molecule is COc1nc(-c2cccc(-c3cccc(-c4ccc(CNC5CN(c6ncccn6)C5)c(OC)n4)c3Cl)c2Cl)ccc1CCC1CN(c2ncccn2)C1. The largest absolute Gasteiger partial charge is 0.481 e. The van der Waals surface area contributed by atoms with Gasteiger partial charge in [0.25, 0.3) is 0 Å². The van der Waals surface area contributed by atoms with Crippen molar-refractivity contribution >= 4 is 35.1 Å². The summed E-state index contributed by atoms with van der Waals surface area (Å²) in [5, 5.41) is 4.69. The number of nitrogens with one attached hydrogen (secondary N) is 1. The lowest BCUT2D eigenvalue weighted by Gasteiger charge is -2.39. The minimum absolute atomic E-state index is 0.319. The number of methoxy groups -OCH3 is 2. The smallest absolute Gasteiger partial charge is 0.225 e. The van der Waals surface area contributed by atoms with Crippen molar-refractivity contribution < 1.29 is 9.47 Å². The van der Waals surface area contributed by atoms with Crippen LogP contribution in [0.15, 0.2) is 97.6 Å². The lowest BCUT2D eigenvalue weighted by Crippen LogP contribution is -2.58. The zero-order valence-corrected chi connectivity index (χ0v) is 31.5. The number of benzene rings is 2. The molecule has 0 spiro atoms. The molecule has 4 aromatic heterocycles. The summed E-state index contributed by atoms with van der Waals surface area (Å²) in [5.74, 6) is 3.25. The monoisotopic (exact) mass is 759 g/mol. The third kappa shape index (κ3) is 7.39. The van der Waals surface area contributed by atoms with Gasteiger partial charge in [-0.3, -0.25) is 0 Å². The van der Waals surface area contributed by atoms with E-state index >= 15 is 0 Å². The van der Waals surface area contributed by atoms with Gasteiger partial charge < -0.3 is 24.6 Å². The van der Waals surface area contributed by atoms with E-state index < -0.39 is 0 Å². The average Bonchev–Trinajstić information content (AvgIpc) is 3.18. The van der Waals surface area contributed by atoms with Crippen molar-refractivity contribution in [2.75, 3.05) is 50.2 Å². The Kier molecular flexibility index (Phi) is 10.5. The highest BCUT2D eigenvalue weighted by Gasteiger charge is 2.29. The van der Waals surface area contributed by atoms with E-state index in [0.29, 0.717) is 46.0 Å². The standard InChI is InChI=1S/C41H39Cl2N9O2/c1-53-38-27(12-11-26-22-51(23-26)40-44-17-5-18-45-40)13-15-34(49-38)32-9-3-7-30(36(32)42)31-8-4-10-33(37(31)43)35-16-14-28(39(50-35)54-2)21-48-29-24-52(25-29)41-46-19-6-20-47-41/h3-10,13-20,26,29,48H,11-12,21-25H2,1-2H3. The first kappa shape index (κ1) is 35.7. The highest BCUT2D eigenvalue weighted by Crippen LogP contribution is 2.42. The van der Waals surface area contributed by atoms with Crippen molar-refractivity contribution in [3.8, 4) is 45.4 Å². The molecular weight excluding hydrogens is 721 g/mol. The van der Waals surface area contributed by atoms with Gasteiger partial charge >= 0.3 is 0 Å². The Bertz CT molecular complexity index is 2080. The molecule has 8 rings (SSSR count). The van der Waals surface area contributed by atoms with Crippen molar-refractivity contribution in [3.05, 3.63) is 119 Å². The average molecular weight is 761 g/mol. The van der Waals surface area contributed by atoms with E-state index in [9.17, 15) is 0 Å². The van der Waals surface area contributed by atoms with Crippen LogP contribution in [-0.4, -0.2) is 76.3 Å². The number of ether oxygens (including phenoxy) is 2. The highest BCUT2D eigenvalue weighted by molar-refractivity contribution is 6.39. The van der Waals surface area contributed by atoms with Crippen LogP contribution in [0.1, 0.15) is 17.5 Å². The zero-order valence-electron chi connectivity index (χ0n) is 30.0. The van der Waals surface area contributed by atoms with Gasteiger partial charge in [0.2, 0.25) is 23.7 Å². The zero-order chi connectivity index (χ0) is 37.0. The van der Waals surface area contributed by atoms with E-state index in [0.717, 1.165) is 90.0 Å². The highest BCUT2D eigenvalue weighted by atomic mass is 35.5. The van der Waals surface area contributed by atoms with Gasteiger partial charge in [0, 0.05) is 96.9 Å². The summed E-state index contributed by atoms with van der Waals surface area (Å²) in [4.78, 5) is 31.5. The molecule has 0 saturated carbocycles. The molecule has 6 heterocycles. The molecule has 0 radical (unpaired) electrons. The Morgan fingerprint density at radius 1 is 0.611 bits per heavy atom. The Morgan fingerprint density at radius 3 is 1.63 bits per heavy atom. The Balaban J connectivity index is 0.954. The topological polar surface area (TPSA) is 114 Å². The van der Waals surface area contributed by atoms with Crippen molar-refractivity contribution in [2.24, 2.45) is 5.92 Å². The van der Waals surface area contributed by atoms with Gasteiger partial charge in [-0.05, 0) is 43.0 Å². The van der Waals surface area contributed by atoms with Crippen molar-refractivity contribution in [1.29, 1.82) is 0 Å². The number of hydrogen-bond donors (Lipinski definition) is 1. The molecule has 0 unspecified atom stereocenters. The fourth-order valence-corrected chi connectivity index (χ4v) is 7.65. The lowest BCUT2D eigenvalue weighted by molar-refractivity contribution is 0.367. The molecule has 2 aliphatic rings. The first-order valence-corrected chi connectivity index (χ1v) is 18.7. The Labute approximate surface area is 324 Å². The number of aryl methyl sites for hydroxylation is 1. The second kappa shape index (κ2) is 15.9. The second-order valence-corrected chi connectivity index (χ2v) is 14.2. The number of nitrogens with zero attached hydrogens (tertiary/aromatic N) is 8. The van der Waals surface area contributed by atoms with Crippen LogP contribution in [0.25, 0.3) is 33.6 Å². The van der Waals surface area contributed by atoms with Gasteiger partial charge in [-0.2, -0.15) is 0 Å². The van der Waals surface area contributed by atoms with Gasteiger partial charge in [-0.25, -0.2) is 29.9 Å². The number of hydrogen-bond acceptors (Lipinski definition) is 11. The number of pyridine rings is 2. The molecule has 11 nitrogen and oxygen atoms in total. The Morgan fingerprint density at radius 2 is 1.09 bits per heavy atom. The molecule has 0 amide bonds. The number of anilines is 2. The number of aromatic nitrogens is 6. The van der Waals surface area contributed by atoms with Gasteiger partial charge in [-0.15, -0.1) is 0 Å². The first-order valence-electron chi connectivity index (χ1n) is 17.9. The molecule has 6 aromatic rings. The predicted octanol–water partition coefficient (Wildman–Crippen LogP) is 7.43. The van der Waals surface area contributed by atoms with E-state index in [-0.39, 0.29) is 0 Å². The maximum Gasteiger partial charge on any atom is 0.225 e. The third-order valence-corrected chi connectivity index (χ3v) is 10.8. The van der Waals surface area contributed by atoms with Crippen LogP contribution in [-0.2, 0) is 13.0 Å². The summed E-state index contributed by atoms with van der Waals surface area (Å²) >= 11 is 14.3. The van der Waals surface area contributed by atoms with E-state index in [1.165, 1.54) is 0 Å². The maximum atomic E-state index is 7.16. The first-order chi connectivity index (χ1) is 26.5. The van der Waals surface area contributed by atoms with E-state index in [4.69, 9.17) is 42.6 Å². The summed E-state index contributed by atoms with van der Waals surface area (Å²) in [6, 6.07) is 23.9. The van der Waals surface area contributed by atoms with Crippen molar-refractivity contribution in [1.82, 2.24) is 35.2 Å². The molecule has 0 aliphatic carbocycles. The molecular formula is C41H39Cl2N9O2. The summed E-state index contributed by atoms with van der Waals surface area (Å²) in [6.07, 6.45) is 8.97. The van der Waals surface area contributed by atoms with E-state index in [2.05, 4.69) is 41.1 Å².